The second kappa shape index (κ2) is 7.11. The van der Waals surface area contributed by atoms with Crippen molar-refractivity contribution in [2.24, 2.45) is 5.73 Å². The van der Waals surface area contributed by atoms with Crippen molar-refractivity contribution in [2.45, 2.75) is 44.2 Å². The number of rotatable bonds is 6. The number of nitrogens with one attached hydrogen (secondary N) is 2. The molecule has 0 aliphatic carbocycles. The summed E-state index contributed by atoms with van der Waals surface area (Å²) in [5.74, 6) is -0.547. The summed E-state index contributed by atoms with van der Waals surface area (Å²) in [6.07, 6.45) is 2.52. The third-order valence-electron chi connectivity index (χ3n) is 4.24. The highest BCUT2D eigenvalue weighted by atomic mass is 35.5. The van der Waals surface area contributed by atoms with Crippen molar-refractivity contribution in [1.82, 2.24) is 10.6 Å². The van der Waals surface area contributed by atoms with E-state index >= 15 is 0 Å². The summed E-state index contributed by atoms with van der Waals surface area (Å²) in [5, 5.41) is 6.81. The van der Waals surface area contributed by atoms with Crippen LogP contribution in [0.25, 0.3) is 0 Å². The van der Waals surface area contributed by atoms with Crippen molar-refractivity contribution in [3.8, 4) is 0 Å². The minimum atomic E-state index is -0.547. The monoisotopic (exact) mass is 323 g/mol. The molecular formula is C16H22ClN3O2. The van der Waals surface area contributed by atoms with E-state index in [9.17, 15) is 9.59 Å². The van der Waals surface area contributed by atoms with E-state index in [1.165, 1.54) is 0 Å². The third kappa shape index (κ3) is 3.78. The number of halogens is 1. The average Bonchev–Trinajstić information content (AvgIpc) is 2.96. The van der Waals surface area contributed by atoms with Gasteiger partial charge in [-0.2, -0.15) is 0 Å². The number of carbonyl (C=O) groups is 2. The van der Waals surface area contributed by atoms with Gasteiger partial charge < -0.3 is 16.4 Å². The van der Waals surface area contributed by atoms with Gasteiger partial charge in [0.15, 0.2) is 0 Å². The highest BCUT2D eigenvalue weighted by Crippen LogP contribution is 2.26. The molecule has 0 radical (unpaired) electrons. The standard InChI is InChI=1S/C16H22ClN3O2/c1-2-16(7-4-8-19-16)15(22)20-13(10-14(18)21)11-5-3-6-12(17)9-11/h3,5-6,9,13,19H,2,4,7-8,10H2,1H3,(H2,18,21)(H,20,22)/t13-,16?/m1/s1. The van der Waals surface area contributed by atoms with Gasteiger partial charge in [0.1, 0.15) is 0 Å². The summed E-state index contributed by atoms with van der Waals surface area (Å²) >= 11 is 6.00. The molecule has 1 aliphatic heterocycles. The Hall–Kier alpha value is -1.59. The molecule has 2 atom stereocenters. The first-order chi connectivity index (χ1) is 10.5. The van der Waals surface area contributed by atoms with E-state index < -0.39 is 17.5 Å². The molecule has 1 aromatic rings. The number of nitrogens with two attached hydrogens (primary N) is 1. The summed E-state index contributed by atoms with van der Waals surface area (Å²) in [5.41, 5.74) is 5.56. The Morgan fingerprint density at radius 3 is 2.82 bits per heavy atom. The van der Waals surface area contributed by atoms with Gasteiger partial charge in [-0.05, 0) is 43.5 Å². The largest absolute Gasteiger partial charge is 0.370 e. The van der Waals surface area contributed by atoms with Gasteiger partial charge >= 0.3 is 0 Å². The molecule has 5 nitrogen and oxygen atoms in total. The smallest absolute Gasteiger partial charge is 0.240 e. The minimum absolute atomic E-state index is 0.0475. The molecule has 1 fully saturated rings. The van der Waals surface area contributed by atoms with Crippen molar-refractivity contribution in [3.63, 3.8) is 0 Å². The molecular weight excluding hydrogens is 302 g/mol. The van der Waals surface area contributed by atoms with Crippen molar-refractivity contribution >= 4 is 23.4 Å². The maximum atomic E-state index is 12.7. The van der Waals surface area contributed by atoms with Crippen LogP contribution in [0.5, 0.6) is 0 Å². The van der Waals surface area contributed by atoms with Gasteiger partial charge in [0, 0.05) is 5.02 Å². The normalized spacial score (nSPS) is 22.3. The number of hydrogen-bond acceptors (Lipinski definition) is 3. The number of carbonyl (C=O) groups excluding carboxylic acids is 2. The minimum Gasteiger partial charge on any atom is -0.370 e. The lowest BCUT2D eigenvalue weighted by molar-refractivity contribution is -0.128. The Morgan fingerprint density at radius 2 is 2.27 bits per heavy atom. The van der Waals surface area contributed by atoms with E-state index in [0.717, 1.165) is 24.9 Å². The van der Waals surface area contributed by atoms with Crippen LogP contribution in [-0.2, 0) is 9.59 Å². The zero-order valence-electron chi connectivity index (χ0n) is 12.7. The van der Waals surface area contributed by atoms with Crippen LogP contribution >= 0.6 is 11.6 Å². The van der Waals surface area contributed by atoms with Crippen LogP contribution in [0.1, 0.15) is 44.2 Å². The van der Waals surface area contributed by atoms with Crippen LogP contribution in [0, 0.1) is 0 Å². The fourth-order valence-corrected chi connectivity index (χ4v) is 3.13. The van der Waals surface area contributed by atoms with Crippen LogP contribution in [0.15, 0.2) is 24.3 Å². The average molecular weight is 324 g/mol. The SMILES string of the molecule is CCC1(C(=O)N[C@H](CC(N)=O)c2cccc(Cl)c2)CCCN1. The number of hydrogen-bond donors (Lipinski definition) is 3. The fraction of sp³-hybridized carbons (Fsp3) is 0.500. The lowest BCUT2D eigenvalue weighted by Gasteiger charge is -2.29. The second-order valence-corrected chi connectivity index (χ2v) is 6.15. The number of benzene rings is 1. The first kappa shape index (κ1) is 16.8. The summed E-state index contributed by atoms with van der Waals surface area (Å²) in [6.45, 7) is 2.82. The van der Waals surface area contributed by atoms with E-state index in [2.05, 4.69) is 10.6 Å². The zero-order valence-corrected chi connectivity index (χ0v) is 13.5. The predicted octanol–water partition coefficient (Wildman–Crippen LogP) is 1.90. The van der Waals surface area contributed by atoms with E-state index in [0.29, 0.717) is 11.4 Å². The van der Waals surface area contributed by atoms with Gasteiger partial charge in [-0.25, -0.2) is 0 Å². The molecule has 0 saturated carbocycles. The molecule has 0 aromatic heterocycles. The highest BCUT2D eigenvalue weighted by Gasteiger charge is 2.40. The maximum absolute atomic E-state index is 12.7. The number of primary amides is 1. The van der Waals surface area contributed by atoms with Gasteiger partial charge in [0.05, 0.1) is 18.0 Å². The first-order valence-corrected chi connectivity index (χ1v) is 7.94. The molecule has 1 saturated heterocycles. The molecule has 0 bridgehead atoms. The molecule has 120 valence electrons. The maximum Gasteiger partial charge on any atom is 0.240 e. The zero-order chi connectivity index (χ0) is 16.2. The van der Waals surface area contributed by atoms with E-state index in [-0.39, 0.29) is 12.3 Å². The number of amides is 2. The summed E-state index contributed by atoms with van der Waals surface area (Å²) in [7, 11) is 0. The predicted molar refractivity (Wildman–Crippen MR) is 86.4 cm³/mol. The molecule has 1 heterocycles. The molecule has 0 spiro atoms. The molecule has 2 amide bonds. The van der Waals surface area contributed by atoms with Gasteiger partial charge in [-0.15, -0.1) is 0 Å². The van der Waals surface area contributed by atoms with E-state index in [1.807, 2.05) is 13.0 Å². The summed E-state index contributed by atoms with van der Waals surface area (Å²) in [4.78, 5) is 24.0. The lowest BCUT2D eigenvalue weighted by Crippen LogP contribution is -2.54. The Labute approximate surface area is 135 Å². The van der Waals surface area contributed by atoms with Crippen molar-refractivity contribution in [1.29, 1.82) is 0 Å². The summed E-state index contributed by atoms with van der Waals surface area (Å²) in [6, 6.07) is 6.66. The first-order valence-electron chi connectivity index (χ1n) is 7.56. The lowest BCUT2D eigenvalue weighted by atomic mass is 9.92. The Balaban J connectivity index is 2.19. The van der Waals surface area contributed by atoms with E-state index in [4.69, 9.17) is 17.3 Å². The van der Waals surface area contributed by atoms with Crippen LogP contribution in [0.2, 0.25) is 5.02 Å². The van der Waals surface area contributed by atoms with Gasteiger partial charge in [-0.3, -0.25) is 9.59 Å². The van der Waals surface area contributed by atoms with Gasteiger partial charge in [-0.1, -0.05) is 30.7 Å². The second-order valence-electron chi connectivity index (χ2n) is 5.72. The van der Waals surface area contributed by atoms with Crippen molar-refractivity contribution < 1.29 is 9.59 Å². The Bertz CT molecular complexity index is 556. The Morgan fingerprint density at radius 1 is 1.50 bits per heavy atom. The molecule has 1 aliphatic rings. The van der Waals surface area contributed by atoms with Crippen molar-refractivity contribution in [3.05, 3.63) is 34.9 Å². The molecule has 1 aromatic carbocycles. The van der Waals surface area contributed by atoms with Gasteiger partial charge in [0.2, 0.25) is 11.8 Å². The third-order valence-corrected chi connectivity index (χ3v) is 4.48. The topological polar surface area (TPSA) is 84.2 Å². The van der Waals surface area contributed by atoms with Crippen LogP contribution in [-0.4, -0.2) is 23.9 Å². The molecule has 6 heteroatoms. The summed E-state index contributed by atoms with van der Waals surface area (Å²) < 4.78 is 0. The van der Waals surface area contributed by atoms with Crippen LogP contribution in [0.4, 0.5) is 0 Å². The quantitative estimate of drug-likeness (QED) is 0.747. The highest BCUT2D eigenvalue weighted by molar-refractivity contribution is 6.30. The van der Waals surface area contributed by atoms with Crippen LogP contribution < -0.4 is 16.4 Å². The van der Waals surface area contributed by atoms with Crippen molar-refractivity contribution in [2.75, 3.05) is 6.54 Å². The van der Waals surface area contributed by atoms with E-state index in [1.54, 1.807) is 18.2 Å². The molecule has 1 unspecified atom stereocenters. The van der Waals surface area contributed by atoms with Gasteiger partial charge in [0.25, 0.3) is 0 Å². The van der Waals surface area contributed by atoms with Crippen LogP contribution in [0.3, 0.4) is 0 Å². The molecule has 2 rings (SSSR count). The molecule has 22 heavy (non-hydrogen) atoms. The fourth-order valence-electron chi connectivity index (χ4n) is 2.94. The Kier molecular flexibility index (Phi) is 5.42. The molecule has 4 N–H and O–H groups in total.